The zero-order valence-corrected chi connectivity index (χ0v) is 9.50. The van der Waals surface area contributed by atoms with E-state index in [1.54, 1.807) is 0 Å². The molecule has 0 aliphatic heterocycles. The molecule has 3 rings (SSSR count). The molecule has 92 valence electrons. The molecular weight excluding hydrogens is 220 g/mol. The van der Waals surface area contributed by atoms with E-state index in [1.165, 1.54) is 0 Å². The zero-order chi connectivity index (χ0) is 12.2. The lowest BCUT2D eigenvalue weighted by molar-refractivity contribution is -0.154. The van der Waals surface area contributed by atoms with E-state index in [0.29, 0.717) is 0 Å². The zero-order valence-electron chi connectivity index (χ0n) is 9.50. The molecule has 2 fully saturated rings. The highest BCUT2D eigenvalue weighted by Gasteiger charge is 2.65. The maximum Gasteiger partial charge on any atom is 0.308 e. The fraction of sp³-hybridized carbons (Fsp3) is 0.692. The van der Waals surface area contributed by atoms with Crippen LogP contribution in [0.5, 0.6) is 0 Å². The third-order valence-corrected chi connectivity index (χ3v) is 5.12. The van der Waals surface area contributed by atoms with Crippen molar-refractivity contribution in [2.45, 2.75) is 25.7 Å². The molecule has 2 N–H and O–H groups in total. The molecular formula is C13H16O4. The molecule has 4 atom stereocenters. The van der Waals surface area contributed by atoms with E-state index in [0.717, 1.165) is 25.7 Å². The van der Waals surface area contributed by atoms with Crippen LogP contribution in [0.3, 0.4) is 0 Å². The van der Waals surface area contributed by atoms with Gasteiger partial charge in [-0.15, -0.1) is 0 Å². The van der Waals surface area contributed by atoms with Crippen LogP contribution in [0.25, 0.3) is 0 Å². The van der Waals surface area contributed by atoms with Crippen LogP contribution in [-0.4, -0.2) is 22.2 Å². The van der Waals surface area contributed by atoms with Crippen molar-refractivity contribution in [2.24, 2.45) is 29.1 Å². The Morgan fingerprint density at radius 2 is 1.35 bits per heavy atom. The van der Waals surface area contributed by atoms with E-state index in [1.807, 2.05) is 12.2 Å². The fourth-order valence-corrected chi connectivity index (χ4v) is 4.56. The lowest BCUT2D eigenvalue weighted by atomic mass is 9.74. The highest BCUT2D eigenvalue weighted by Crippen LogP contribution is 2.66. The molecule has 0 heterocycles. The highest BCUT2D eigenvalue weighted by atomic mass is 16.4. The number of rotatable bonds is 2. The molecule has 3 aliphatic carbocycles. The molecule has 0 amide bonds. The van der Waals surface area contributed by atoms with Gasteiger partial charge in [-0.25, -0.2) is 0 Å². The van der Waals surface area contributed by atoms with E-state index in [9.17, 15) is 19.8 Å². The lowest BCUT2D eigenvalue weighted by Crippen LogP contribution is -2.32. The van der Waals surface area contributed by atoms with E-state index >= 15 is 0 Å². The van der Waals surface area contributed by atoms with Crippen LogP contribution in [-0.2, 0) is 9.59 Å². The van der Waals surface area contributed by atoms with Crippen molar-refractivity contribution in [3.8, 4) is 0 Å². The van der Waals surface area contributed by atoms with Crippen molar-refractivity contribution in [2.75, 3.05) is 0 Å². The molecule has 17 heavy (non-hydrogen) atoms. The average Bonchev–Trinajstić information content (AvgIpc) is 2.94. The monoisotopic (exact) mass is 236 g/mol. The Labute approximate surface area is 99.3 Å². The Kier molecular flexibility index (Phi) is 2.12. The third-order valence-electron chi connectivity index (χ3n) is 5.12. The van der Waals surface area contributed by atoms with Gasteiger partial charge in [-0.1, -0.05) is 25.0 Å². The standard InChI is InChI=1S/C13H16O4/c14-11(15)9-7-3-4-8(10(9)12(16)17)13(7)5-1-2-6-13/h3-4,7-10H,1-2,5-6H2,(H,14,15)(H,16,17)/t7-,8+,9-,10+. The van der Waals surface area contributed by atoms with Crippen molar-refractivity contribution >= 4 is 11.9 Å². The van der Waals surface area contributed by atoms with Crippen LogP contribution < -0.4 is 0 Å². The predicted octanol–water partition coefficient (Wildman–Crippen LogP) is 1.76. The number of hydrogen-bond donors (Lipinski definition) is 2. The van der Waals surface area contributed by atoms with Gasteiger partial charge in [-0.3, -0.25) is 9.59 Å². The normalized spacial score (nSPS) is 41.2. The van der Waals surface area contributed by atoms with Gasteiger partial charge >= 0.3 is 11.9 Å². The molecule has 0 aromatic carbocycles. The molecule has 4 heteroatoms. The summed E-state index contributed by atoms with van der Waals surface area (Å²) in [5, 5.41) is 18.6. The number of carboxylic acids is 2. The minimum atomic E-state index is -0.944. The summed E-state index contributed by atoms with van der Waals surface area (Å²) in [6.07, 6.45) is 8.12. The maximum atomic E-state index is 11.3. The van der Waals surface area contributed by atoms with Gasteiger partial charge in [0.15, 0.2) is 0 Å². The molecule has 1 spiro atoms. The molecule has 4 nitrogen and oxygen atoms in total. The van der Waals surface area contributed by atoms with Gasteiger partial charge in [-0.05, 0) is 30.1 Å². The molecule has 0 aromatic heterocycles. The molecule has 0 unspecified atom stereocenters. The minimum Gasteiger partial charge on any atom is -0.481 e. The van der Waals surface area contributed by atoms with Gasteiger partial charge in [0.05, 0.1) is 11.8 Å². The summed E-state index contributed by atoms with van der Waals surface area (Å²) in [4.78, 5) is 22.7. The SMILES string of the molecule is O=C(O)[C@@H]1[C@H](C(=O)O)[C@H]2C=C[C@@H]1C21CCCC1. The first-order chi connectivity index (χ1) is 8.08. The predicted molar refractivity (Wildman–Crippen MR) is 59.3 cm³/mol. The first-order valence-corrected chi connectivity index (χ1v) is 6.22. The van der Waals surface area contributed by atoms with Crippen LogP contribution in [0, 0.1) is 29.1 Å². The van der Waals surface area contributed by atoms with Crippen LogP contribution in [0.4, 0.5) is 0 Å². The number of hydrogen-bond acceptors (Lipinski definition) is 2. The second-order valence-corrected chi connectivity index (χ2v) is 5.60. The van der Waals surface area contributed by atoms with Crippen molar-refractivity contribution in [3.63, 3.8) is 0 Å². The molecule has 0 radical (unpaired) electrons. The van der Waals surface area contributed by atoms with Crippen molar-refractivity contribution in [1.29, 1.82) is 0 Å². The van der Waals surface area contributed by atoms with Gasteiger partial charge in [0.1, 0.15) is 0 Å². The number of allylic oxidation sites excluding steroid dienone is 2. The second-order valence-electron chi connectivity index (χ2n) is 5.60. The summed E-state index contributed by atoms with van der Waals surface area (Å²) in [5.41, 5.74) is -0.0495. The Balaban J connectivity index is 2.05. The van der Waals surface area contributed by atoms with Crippen LogP contribution in [0.2, 0.25) is 0 Å². The lowest BCUT2D eigenvalue weighted by Gasteiger charge is -2.30. The number of carbonyl (C=O) groups is 2. The van der Waals surface area contributed by atoms with Gasteiger partial charge in [0.25, 0.3) is 0 Å². The summed E-state index contributed by atoms with van der Waals surface area (Å²) >= 11 is 0. The molecule has 2 bridgehead atoms. The van der Waals surface area contributed by atoms with E-state index < -0.39 is 23.8 Å². The van der Waals surface area contributed by atoms with Gasteiger partial charge in [0.2, 0.25) is 0 Å². The van der Waals surface area contributed by atoms with E-state index in [4.69, 9.17) is 0 Å². The summed E-state index contributed by atoms with van der Waals surface area (Å²) < 4.78 is 0. The molecule has 0 aromatic rings. The van der Waals surface area contributed by atoms with Crippen LogP contribution >= 0.6 is 0 Å². The van der Waals surface area contributed by atoms with E-state index in [2.05, 4.69) is 0 Å². The quantitative estimate of drug-likeness (QED) is 0.716. The number of carboxylic acid groups (broad SMARTS) is 2. The van der Waals surface area contributed by atoms with Gasteiger partial charge in [-0.2, -0.15) is 0 Å². The van der Waals surface area contributed by atoms with E-state index in [-0.39, 0.29) is 17.3 Å². The Bertz CT molecular complexity index is 374. The third kappa shape index (κ3) is 1.18. The first kappa shape index (κ1) is 10.8. The summed E-state index contributed by atoms with van der Waals surface area (Å²) in [6, 6.07) is 0. The Morgan fingerprint density at radius 3 is 1.71 bits per heavy atom. The minimum absolute atomic E-state index is 0.0495. The van der Waals surface area contributed by atoms with Gasteiger partial charge in [0, 0.05) is 0 Å². The molecule has 0 saturated heterocycles. The first-order valence-electron chi connectivity index (χ1n) is 6.22. The highest BCUT2D eigenvalue weighted by molar-refractivity contribution is 5.83. The maximum absolute atomic E-state index is 11.3. The second kappa shape index (κ2) is 3.34. The van der Waals surface area contributed by atoms with Crippen LogP contribution in [0.1, 0.15) is 25.7 Å². The van der Waals surface area contributed by atoms with Crippen molar-refractivity contribution < 1.29 is 19.8 Å². The summed E-state index contributed by atoms with van der Waals surface area (Å²) in [5.74, 6) is -3.45. The van der Waals surface area contributed by atoms with Crippen LogP contribution in [0.15, 0.2) is 12.2 Å². The molecule has 2 saturated carbocycles. The average molecular weight is 236 g/mol. The van der Waals surface area contributed by atoms with Gasteiger partial charge < -0.3 is 10.2 Å². The largest absolute Gasteiger partial charge is 0.481 e. The Morgan fingerprint density at radius 1 is 0.941 bits per heavy atom. The summed E-state index contributed by atoms with van der Waals surface area (Å²) in [6.45, 7) is 0. The van der Waals surface area contributed by atoms with Crippen molar-refractivity contribution in [3.05, 3.63) is 12.2 Å². The molecule has 3 aliphatic rings. The number of aliphatic carboxylic acids is 2. The summed E-state index contributed by atoms with van der Waals surface area (Å²) in [7, 11) is 0. The Hall–Kier alpha value is -1.32. The smallest absolute Gasteiger partial charge is 0.308 e. The topological polar surface area (TPSA) is 74.6 Å². The van der Waals surface area contributed by atoms with Crippen molar-refractivity contribution in [1.82, 2.24) is 0 Å². The fourth-order valence-electron chi connectivity index (χ4n) is 4.56.